The summed E-state index contributed by atoms with van der Waals surface area (Å²) in [7, 11) is 0. The van der Waals surface area contributed by atoms with E-state index < -0.39 is 12.1 Å². The molecule has 2 N–H and O–H groups in total. The van der Waals surface area contributed by atoms with Gasteiger partial charge in [-0.3, -0.25) is 14.6 Å². The van der Waals surface area contributed by atoms with Crippen LogP contribution in [0.2, 0.25) is 0 Å². The van der Waals surface area contributed by atoms with Crippen molar-refractivity contribution in [1.29, 1.82) is 0 Å². The van der Waals surface area contributed by atoms with Gasteiger partial charge in [-0.25, -0.2) is 4.79 Å². The number of carbonyl (C=O) groups excluding carboxylic acids is 2. The standard InChI is InChI=1S/C18H19N3O2S.C2HF3O2/c22-16-15(13-2-1-6-19-11-13)10-18(20-16)4-7-21(8-5-18)17(23)14-3-9-24-12-14;3-2(4,5)1(6)7/h1-3,6,9,11-12,15H,4-5,7-8,10H2,(H,20,22);(H,6,7). The first-order valence-electron chi connectivity index (χ1n) is 9.45. The molecule has 2 aromatic rings. The topological polar surface area (TPSA) is 99.6 Å². The molecule has 7 nitrogen and oxygen atoms in total. The molecule has 2 amide bonds. The van der Waals surface area contributed by atoms with Crippen LogP contribution in [0, 0.1) is 0 Å². The second-order valence-electron chi connectivity index (χ2n) is 7.42. The predicted octanol–water partition coefficient (Wildman–Crippen LogP) is 3.05. The minimum Gasteiger partial charge on any atom is -0.475 e. The number of hydrogen-bond acceptors (Lipinski definition) is 5. The molecular formula is C20H20F3N3O4S. The first kappa shape index (κ1) is 22.7. The Balaban J connectivity index is 0.000000339. The number of halogens is 3. The van der Waals surface area contributed by atoms with Gasteiger partial charge in [0.1, 0.15) is 0 Å². The SMILES string of the molecule is O=C(O)C(F)(F)F.O=C1NC2(CCN(C(=O)c3ccsc3)CC2)CC1c1cccnc1. The van der Waals surface area contributed by atoms with Gasteiger partial charge in [-0.2, -0.15) is 24.5 Å². The minimum atomic E-state index is -5.08. The lowest BCUT2D eigenvalue weighted by molar-refractivity contribution is -0.192. The summed E-state index contributed by atoms with van der Waals surface area (Å²) in [5.74, 6) is -2.70. The fraction of sp³-hybridized carbons (Fsp3) is 0.400. The van der Waals surface area contributed by atoms with Crippen molar-refractivity contribution in [2.75, 3.05) is 13.1 Å². The third-order valence-corrected chi connectivity index (χ3v) is 6.09. The zero-order valence-corrected chi connectivity index (χ0v) is 17.1. The van der Waals surface area contributed by atoms with Crippen LogP contribution in [0.25, 0.3) is 0 Å². The molecule has 2 aliphatic heterocycles. The Morgan fingerprint density at radius 2 is 1.94 bits per heavy atom. The third-order valence-electron chi connectivity index (χ3n) is 5.40. The minimum absolute atomic E-state index is 0.0839. The molecular weight excluding hydrogens is 435 g/mol. The number of aromatic nitrogens is 1. The molecule has 0 aliphatic carbocycles. The van der Waals surface area contributed by atoms with Crippen molar-refractivity contribution in [3.8, 4) is 0 Å². The van der Waals surface area contributed by atoms with Crippen LogP contribution in [0.4, 0.5) is 13.2 Å². The van der Waals surface area contributed by atoms with Crippen LogP contribution in [0.1, 0.15) is 41.1 Å². The Labute approximate surface area is 179 Å². The largest absolute Gasteiger partial charge is 0.490 e. The van der Waals surface area contributed by atoms with Crippen molar-refractivity contribution in [1.82, 2.24) is 15.2 Å². The van der Waals surface area contributed by atoms with Crippen molar-refractivity contribution in [3.63, 3.8) is 0 Å². The third kappa shape index (κ3) is 5.40. The zero-order valence-electron chi connectivity index (χ0n) is 16.3. The number of nitrogens with one attached hydrogen (secondary N) is 1. The van der Waals surface area contributed by atoms with Crippen molar-refractivity contribution in [3.05, 3.63) is 52.5 Å². The summed E-state index contributed by atoms with van der Waals surface area (Å²) in [5.41, 5.74) is 1.56. The van der Waals surface area contributed by atoms with Crippen LogP contribution in [-0.4, -0.2) is 57.6 Å². The average molecular weight is 455 g/mol. The van der Waals surface area contributed by atoms with E-state index in [1.165, 1.54) is 11.3 Å². The van der Waals surface area contributed by atoms with E-state index in [1.54, 1.807) is 12.4 Å². The second-order valence-corrected chi connectivity index (χ2v) is 8.20. The number of rotatable bonds is 2. The van der Waals surface area contributed by atoms with Gasteiger partial charge in [0.05, 0.1) is 11.5 Å². The number of hydrogen-bond donors (Lipinski definition) is 2. The summed E-state index contributed by atoms with van der Waals surface area (Å²) in [6.45, 7) is 1.38. The van der Waals surface area contributed by atoms with Crippen LogP contribution >= 0.6 is 11.3 Å². The van der Waals surface area contributed by atoms with Crippen molar-refractivity contribution in [2.45, 2.75) is 36.9 Å². The van der Waals surface area contributed by atoms with Gasteiger partial charge in [-0.1, -0.05) is 6.07 Å². The summed E-state index contributed by atoms with van der Waals surface area (Å²) in [6, 6.07) is 5.70. The van der Waals surface area contributed by atoms with Gasteiger partial charge in [0, 0.05) is 36.4 Å². The summed E-state index contributed by atoms with van der Waals surface area (Å²) in [6.07, 6.45) is 0.827. The van der Waals surface area contributed by atoms with Gasteiger partial charge in [-0.15, -0.1) is 0 Å². The molecule has 1 spiro atoms. The van der Waals surface area contributed by atoms with E-state index in [9.17, 15) is 22.8 Å². The maximum atomic E-state index is 12.5. The van der Waals surface area contributed by atoms with E-state index in [0.29, 0.717) is 13.1 Å². The number of carboxylic acids is 1. The molecule has 0 saturated carbocycles. The molecule has 166 valence electrons. The number of pyridine rings is 1. The molecule has 4 rings (SSSR count). The van der Waals surface area contributed by atoms with E-state index in [2.05, 4.69) is 10.3 Å². The highest BCUT2D eigenvalue weighted by molar-refractivity contribution is 7.08. The summed E-state index contributed by atoms with van der Waals surface area (Å²) in [4.78, 5) is 39.8. The van der Waals surface area contributed by atoms with Crippen LogP contribution in [-0.2, 0) is 9.59 Å². The van der Waals surface area contributed by atoms with Gasteiger partial charge in [0.25, 0.3) is 5.91 Å². The number of likely N-dealkylation sites (tertiary alicyclic amines) is 1. The van der Waals surface area contributed by atoms with Gasteiger partial charge in [-0.05, 0) is 42.3 Å². The van der Waals surface area contributed by atoms with E-state index in [1.807, 2.05) is 33.9 Å². The van der Waals surface area contributed by atoms with Gasteiger partial charge >= 0.3 is 12.1 Å². The number of carboxylic acid groups (broad SMARTS) is 1. The molecule has 2 fully saturated rings. The number of carbonyl (C=O) groups is 3. The van der Waals surface area contributed by atoms with Crippen LogP contribution < -0.4 is 5.32 Å². The van der Waals surface area contributed by atoms with Crippen molar-refractivity contribution >= 4 is 29.1 Å². The zero-order chi connectivity index (χ0) is 22.6. The highest BCUT2D eigenvalue weighted by Gasteiger charge is 2.46. The number of piperidine rings is 1. The van der Waals surface area contributed by atoms with E-state index in [0.717, 1.165) is 30.4 Å². The van der Waals surface area contributed by atoms with Gasteiger partial charge < -0.3 is 15.3 Å². The molecule has 0 bridgehead atoms. The highest BCUT2D eigenvalue weighted by atomic mass is 32.1. The molecule has 2 aromatic heterocycles. The fourth-order valence-corrected chi connectivity index (χ4v) is 4.40. The van der Waals surface area contributed by atoms with Crippen LogP contribution in [0.5, 0.6) is 0 Å². The molecule has 0 aromatic carbocycles. The molecule has 1 unspecified atom stereocenters. The molecule has 4 heterocycles. The lowest BCUT2D eigenvalue weighted by Crippen LogP contribution is -2.52. The van der Waals surface area contributed by atoms with E-state index in [-0.39, 0.29) is 23.3 Å². The number of nitrogens with zero attached hydrogens (tertiary/aromatic N) is 2. The Hall–Kier alpha value is -2.95. The van der Waals surface area contributed by atoms with Gasteiger partial charge in [0.2, 0.25) is 5.91 Å². The quantitative estimate of drug-likeness (QED) is 0.725. The average Bonchev–Trinajstić information content (AvgIpc) is 3.37. The maximum absolute atomic E-state index is 12.5. The summed E-state index contributed by atoms with van der Waals surface area (Å²) >= 11 is 1.54. The molecule has 11 heteroatoms. The molecule has 0 radical (unpaired) electrons. The monoisotopic (exact) mass is 455 g/mol. The Bertz CT molecular complexity index is 927. The highest BCUT2D eigenvalue weighted by Crippen LogP contribution is 2.39. The number of thiophene rings is 1. The first-order valence-corrected chi connectivity index (χ1v) is 10.4. The van der Waals surface area contributed by atoms with E-state index in [4.69, 9.17) is 9.90 Å². The van der Waals surface area contributed by atoms with Crippen LogP contribution in [0.3, 0.4) is 0 Å². The maximum Gasteiger partial charge on any atom is 0.490 e. The lowest BCUT2D eigenvalue weighted by Gasteiger charge is -2.39. The number of amides is 2. The van der Waals surface area contributed by atoms with E-state index >= 15 is 0 Å². The van der Waals surface area contributed by atoms with Gasteiger partial charge in [0.15, 0.2) is 0 Å². The van der Waals surface area contributed by atoms with Crippen molar-refractivity contribution < 1.29 is 32.7 Å². The normalized spacial score (nSPS) is 20.0. The Morgan fingerprint density at radius 3 is 2.45 bits per heavy atom. The number of aliphatic carboxylic acids is 1. The summed E-state index contributed by atoms with van der Waals surface area (Å²) in [5, 5.41) is 14.2. The predicted molar refractivity (Wildman–Crippen MR) is 106 cm³/mol. The Kier molecular flexibility index (Phi) is 6.63. The second kappa shape index (κ2) is 9.04. The molecule has 2 saturated heterocycles. The summed E-state index contributed by atoms with van der Waals surface area (Å²) < 4.78 is 31.7. The first-order chi connectivity index (χ1) is 14.6. The number of alkyl halides is 3. The molecule has 2 aliphatic rings. The lowest BCUT2D eigenvalue weighted by atomic mass is 9.82. The van der Waals surface area contributed by atoms with Crippen LogP contribution in [0.15, 0.2) is 41.4 Å². The fourth-order valence-electron chi connectivity index (χ4n) is 3.77. The smallest absolute Gasteiger partial charge is 0.475 e. The molecule has 31 heavy (non-hydrogen) atoms. The molecule has 1 atom stereocenters. The Morgan fingerprint density at radius 1 is 1.26 bits per heavy atom. The van der Waals surface area contributed by atoms with Crippen molar-refractivity contribution in [2.24, 2.45) is 0 Å².